The summed E-state index contributed by atoms with van der Waals surface area (Å²) in [6, 6.07) is 8.62. The predicted molar refractivity (Wildman–Crippen MR) is 122 cm³/mol. The normalized spacial score (nSPS) is 15.6. The van der Waals surface area contributed by atoms with Crippen LogP contribution in [0.4, 0.5) is 10.1 Å². The predicted octanol–water partition coefficient (Wildman–Crippen LogP) is 4.78. The summed E-state index contributed by atoms with van der Waals surface area (Å²) in [6.07, 6.45) is 5.74. The second kappa shape index (κ2) is 9.57. The van der Waals surface area contributed by atoms with Crippen molar-refractivity contribution in [1.29, 1.82) is 0 Å². The number of aryl methyl sites for hydroxylation is 2. The summed E-state index contributed by atoms with van der Waals surface area (Å²) in [7, 11) is -3.83. The molecule has 31 heavy (non-hydrogen) atoms. The van der Waals surface area contributed by atoms with E-state index in [-0.39, 0.29) is 23.2 Å². The minimum atomic E-state index is -3.83. The number of sulfonamides is 1. The van der Waals surface area contributed by atoms with E-state index >= 15 is 0 Å². The minimum absolute atomic E-state index is 0.150. The fourth-order valence-corrected chi connectivity index (χ4v) is 5.48. The van der Waals surface area contributed by atoms with Crippen LogP contribution in [-0.2, 0) is 27.7 Å². The van der Waals surface area contributed by atoms with Gasteiger partial charge < -0.3 is 5.32 Å². The van der Waals surface area contributed by atoms with Gasteiger partial charge in [0.25, 0.3) is 0 Å². The third-order valence-electron chi connectivity index (χ3n) is 5.72. The summed E-state index contributed by atoms with van der Waals surface area (Å²) in [5.41, 5.74) is 3.81. The number of hydrogen-bond donors (Lipinski definition) is 1. The molecule has 0 aromatic heterocycles. The number of benzene rings is 2. The van der Waals surface area contributed by atoms with Crippen molar-refractivity contribution in [2.75, 3.05) is 10.6 Å². The Labute approximate surface area is 188 Å². The van der Waals surface area contributed by atoms with E-state index in [4.69, 9.17) is 11.6 Å². The van der Waals surface area contributed by atoms with E-state index in [0.717, 1.165) is 35.0 Å². The zero-order valence-electron chi connectivity index (χ0n) is 18.0. The van der Waals surface area contributed by atoms with Crippen LogP contribution >= 0.6 is 11.6 Å². The van der Waals surface area contributed by atoms with Gasteiger partial charge in [0, 0.05) is 0 Å². The largest absolute Gasteiger partial charge is 0.348 e. The quantitative estimate of drug-likeness (QED) is 0.638. The van der Waals surface area contributed by atoms with Gasteiger partial charge >= 0.3 is 0 Å². The maximum absolute atomic E-state index is 13.6. The first-order chi connectivity index (χ1) is 14.6. The standard InChI is InChI=1S/C23H28ClFN2O3S/c1-4-22(27(31(3,29)30)19-11-12-21(25)20(24)14-19)23(28)26-15(2)17-10-9-16-7-5-6-8-18(16)13-17/h9-15,22H,4-8H2,1-3H3,(H,26,28)/t15-,22+/m0/s1. The maximum atomic E-state index is 13.6. The molecule has 2 aromatic carbocycles. The lowest BCUT2D eigenvalue weighted by molar-refractivity contribution is -0.122. The maximum Gasteiger partial charge on any atom is 0.244 e. The summed E-state index contributed by atoms with van der Waals surface area (Å²) in [5, 5.41) is 2.75. The van der Waals surface area contributed by atoms with E-state index in [1.54, 1.807) is 6.92 Å². The van der Waals surface area contributed by atoms with E-state index in [0.29, 0.717) is 0 Å². The average Bonchev–Trinajstić information content (AvgIpc) is 2.72. The van der Waals surface area contributed by atoms with Crippen LogP contribution in [0, 0.1) is 5.82 Å². The summed E-state index contributed by atoms with van der Waals surface area (Å²) < 4.78 is 39.7. The van der Waals surface area contributed by atoms with Crippen molar-refractivity contribution in [2.24, 2.45) is 0 Å². The first-order valence-electron chi connectivity index (χ1n) is 10.5. The molecule has 0 saturated heterocycles. The molecule has 0 spiro atoms. The smallest absolute Gasteiger partial charge is 0.244 e. The molecule has 0 radical (unpaired) electrons. The monoisotopic (exact) mass is 466 g/mol. The molecule has 0 bridgehead atoms. The van der Waals surface area contributed by atoms with Gasteiger partial charge in [0.1, 0.15) is 11.9 Å². The van der Waals surface area contributed by atoms with Gasteiger partial charge in [-0.25, -0.2) is 12.8 Å². The van der Waals surface area contributed by atoms with Gasteiger partial charge in [-0.2, -0.15) is 0 Å². The molecular formula is C23H28ClFN2O3S. The van der Waals surface area contributed by atoms with Gasteiger partial charge in [-0.05, 0) is 73.9 Å². The Hall–Kier alpha value is -2.12. The van der Waals surface area contributed by atoms with Gasteiger partial charge in [0.2, 0.25) is 15.9 Å². The second-order valence-corrected chi connectivity index (χ2v) is 10.3. The highest BCUT2D eigenvalue weighted by atomic mass is 35.5. The number of fused-ring (bicyclic) bond motifs is 1. The molecule has 0 saturated carbocycles. The topological polar surface area (TPSA) is 66.5 Å². The van der Waals surface area contributed by atoms with E-state index < -0.39 is 27.8 Å². The first kappa shape index (κ1) is 23.5. The van der Waals surface area contributed by atoms with Crippen LogP contribution in [0.25, 0.3) is 0 Å². The lowest BCUT2D eigenvalue weighted by atomic mass is 9.89. The number of carbonyl (C=O) groups is 1. The summed E-state index contributed by atoms with van der Waals surface area (Å²) in [6.45, 7) is 3.62. The number of amides is 1. The number of rotatable bonds is 7. The first-order valence-corrected chi connectivity index (χ1v) is 12.7. The van der Waals surface area contributed by atoms with Gasteiger partial charge in [0.15, 0.2) is 0 Å². The number of hydrogen-bond acceptors (Lipinski definition) is 3. The second-order valence-electron chi connectivity index (χ2n) is 8.05. The zero-order chi connectivity index (χ0) is 22.8. The number of nitrogens with zero attached hydrogens (tertiary/aromatic N) is 1. The molecule has 0 heterocycles. The Morgan fingerprint density at radius 2 is 1.84 bits per heavy atom. The molecule has 0 fully saturated rings. The average molecular weight is 467 g/mol. The molecule has 5 nitrogen and oxygen atoms in total. The fourth-order valence-electron chi connectivity index (χ4n) is 4.10. The van der Waals surface area contributed by atoms with Crippen molar-refractivity contribution in [1.82, 2.24) is 5.32 Å². The van der Waals surface area contributed by atoms with Crippen LogP contribution in [0.2, 0.25) is 5.02 Å². The molecule has 168 valence electrons. The third kappa shape index (κ3) is 5.39. The SMILES string of the molecule is CC[C@H](C(=O)N[C@@H](C)c1ccc2c(c1)CCCC2)N(c1ccc(F)c(Cl)c1)S(C)(=O)=O. The van der Waals surface area contributed by atoms with Crippen LogP contribution in [0.5, 0.6) is 0 Å². The van der Waals surface area contributed by atoms with E-state index in [1.807, 2.05) is 13.0 Å². The van der Waals surface area contributed by atoms with E-state index in [2.05, 4.69) is 17.4 Å². The minimum Gasteiger partial charge on any atom is -0.348 e. The van der Waals surface area contributed by atoms with E-state index in [9.17, 15) is 17.6 Å². The van der Waals surface area contributed by atoms with Gasteiger partial charge in [-0.15, -0.1) is 0 Å². The highest BCUT2D eigenvalue weighted by Gasteiger charge is 2.32. The number of nitrogens with one attached hydrogen (secondary N) is 1. The van der Waals surface area contributed by atoms with Crippen molar-refractivity contribution < 1.29 is 17.6 Å². The van der Waals surface area contributed by atoms with Crippen molar-refractivity contribution in [3.8, 4) is 0 Å². The molecular weight excluding hydrogens is 439 g/mol. The number of anilines is 1. The molecule has 2 aromatic rings. The van der Waals surface area contributed by atoms with Crippen LogP contribution in [0.3, 0.4) is 0 Å². The molecule has 8 heteroatoms. The van der Waals surface area contributed by atoms with Crippen LogP contribution in [-0.4, -0.2) is 26.6 Å². The highest BCUT2D eigenvalue weighted by Crippen LogP contribution is 2.28. The Bertz CT molecular complexity index is 1070. The Morgan fingerprint density at radius 3 is 2.45 bits per heavy atom. The molecule has 3 rings (SSSR count). The third-order valence-corrected chi connectivity index (χ3v) is 7.19. The Kier molecular flexibility index (Phi) is 7.27. The lowest BCUT2D eigenvalue weighted by Crippen LogP contribution is -2.49. The van der Waals surface area contributed by atoms with Crippen LogP contribution in [0.1, 0.15) is 55.8 Å². The molecule has 1 aliphatic carbocycles. The summed E-state index contributed by atoms with van der Waals surface area (Å²) in [5.74, 6) is -1.07. The van der Waals surface area contributed by atoms with Gasteiger partial charge in [-0.3, -0.25) is 9.10 Å². The molecule has 0 unspecified atom stereocenters. The van der Waals surface area contributed by atoms with Crippen LogP contribution < -0.4 is 9.62 Å². The lowest BCUT2D eigenvalue weighted by Gasteiger charge is -2.31. The zero-order valence-corrected chi connectivity index (χ0v) is 19.6. The number of carbonyl (C=O) groups excluding carboxylic acids is 1. The molecule has 1 amide bonds. The molecule has 0 aliphatic heterocycles. The van der Waals surface area contributed by atoms with Crippen molar-refractivity contribution in [3.63, 3.8) is 0 Å². The summed E-state index contributed by atoms with van der Waals surface area (Å²) >= 11 is 5.86. The van der Waals surface area contributed by atoms with Crippen LogP contribution in [0.15, 0.2) is 36.4 Å². The molecule has 1 N–H and O–H groups in total. The van der Waals surface area contributed by atoms with E-state index in [1.165, 1.54) is 36.1 Å². The van der Waals surface area contributed by atoms with Gasteiger partial charge in [-0.1, -0.05) is 36.7 Å². The fraction of sp³-hybridized carbons (Fsp3) is 0.435. The number of halogens is 2. The molecule has 2 atom stereocenters. The van der Waals surface area contributed by atoms with Crippen molar-refractivity contribution >= 4 is 33.2 Å². The Morgan fingerprint density at radius 1 is 1.16 bits per heavy atom. The van der Waals surface area contributed by atoms with Gasteiger partial charge in [0.05, 0.1) is 23.0 Å². The summed E-state index contributed by atoms with van der Waals surface area (Å²) in [4.78, 5) is 13.1. The van der Waals surface area contributed by atoms with Crippen molar-refractivity contribution in [3.05, 3.63) is 63.9 Å². The van der Waals surface area contributed by atoms with Crippen molar-refractivity contribution in [2.45, 2.75) is 58.0 Å². The highest BCUT2D eigenvalue weighted by molar-refractivity contribution is 7.92. The Balaban J connectivity index is 1.85. The molecule has 1 aliphatic rings.